The quantitative estimate of drug-likeness (QED) is 0.422. The van der Waals surface area contributed by atoms with Gasteiger partial charge in [-0.25, -0.2) is 16.8 Å². The van der Waals surface area contributed by atoms with Gasteiger partial charge in [0.2, 0.25) is 5.91 Å². The number of nitrogens with one attached hydrogen (secondary N) is 3. The van der Waals surface area contributed by atoms with E-state index in [4.69, 9.17) is 16.3 Å². The highest BCUT2D eigenvalue weighted by Crippen LogP contribution is 2.29. The molecule has 0 unspecified atom stereocenters. The lowest BCUT2D eigenvalue weighted by Crippen LogP contribution is -2.15. The summed E-state index contributed by atoms with van der Waals surface area (Å²) in [6, 6.07) is 15.5. The van der Waals surface area contributed by atoms with E-state index in [0.717, 1.165) is 0 Å². The van der Waals surface area contributed by atoms with Gasteiger partial charge in [0.25, 0.3) is 20.0 Å². The van der Waals surface area contributed by atoms with Crippen molar-refractivity contribution in [1.82, 2.24) is 0 Å². The molecule has 3 aromatic rings. The van der Waals surface area contributed by atoms with Crippen LogP contribution >= 0.6 is 11.6 Å². The maximum absolute atomic E-state index is 12.8. The van der Waals surface area contributed by atoms with Crippen molar-refractivity contribution in [3.05, 3.63) is 71.8 Å². The molecule has 0 fully saturated rings. The average molecular weight is 510 g/mol. The molecule has 0 aliphatic carbocycles. The molecule has 0 bridgehead atoms. The fourth-order valence-corrected chi connectivity index (χ4v) is 5.21. The van der Waals surface area contributed by atoms with Gasteiger partial charge >= 0.3 is 0 Å². The van der Waals surface area contributed by atoms with E-state index >= 15 is 0 Å². The van der Waals surface area contributed by atoms with Gasteiger partial charge in [0.1, 0.15) is 5.75 Å². The Morgan fingerprint density at radius 3 is 2.03 bits per heavy atom. The molecule has 174 valence electrons. The Morgan fingerprint density at radius 2 is 1.42 bits per heavy atom. The molecule has 0 aromatic heterocycles. The smallest absolute Gasteiger partial charge is 0.261 e. The number of rotatable bonds is 8. The van der Waals surface area contributed by atoms with Crippen molar-refractivity contribution in [3.8, 4) is 5.75 Å². The number of hydrogen-bond donors (Lipinski definition) is 3. The van der Waals surface area contributed by atoms with Crippen LogP contribution in [0.2, 0.25) is 5.02 Å². The molecule has 0 saturated heterocycles. The van der Waals surface area contributed by atoms with Crippen LogP contribution in [0.15, 0.2) is 76.5 Å². The fourth-order valence-electron chi connectivity index (χ4n) is 2.81. The lowest BCUT2D eigenvalue weighted by molar-refractivity contribution is -0.114. The Morgan fingerprint density at radius 1 is 0.818 bits per heavy atom. The molecule has 0 aliphatic heterocycles. The summed E-state index contributed by atoms with van der Waals surface area (Å²) in [7, 11) is -6.59. The van der Waals surface area contributed by atoms with Crippen LogP contribution in [0.3, 0.4) is 0 Å². The molecule has 12 heteroatoms. The monoisotopic (exact) mass is 509 g/mol. The van der Waals surface area contributed by atoms with Crippen molar-refractivity contribution in [3.63, 3.8) is 0 Å². The van der Waals surface area contributed by atoms with E-state index < -0.39 is 26.0 Å². The summed E-state index contributed by atoms with van der Waals surface area (Å²) in [5.41, 5.74) is 0.557. The maximum atomic E-state index is 12.8. The molecular weight excluding hydrogens is 490 g/mol. The van der Waals surface area contributed by atoms with Crippen molar-refractivity contribution < 1.29 is 26.4 Å². The molecular formula is C21H20ClN3O6S2. The first kappa shape index (κ1) is 24.4. The summed E-state index contributed by atoms with van der Waals surface area (Å²) in [4.78, 5) is 11.2. The number of anilines is 3. The fraction of sp³-hybridized carbons (Fsp3) is 0.0952. The highest BCUT2D eigenvalue weighted by molar-refractivity contribution is 7.93. The number of carbonyl (C=O) groups is 1. The lowest BCUT2D eigenvalue weighted by atomic mass is 10.3. The average Bonchev–Trinajstić information content (AvgIpc) is 2.75. The third-order valence-electron chi connectivity index (χ3n) is 4.33. The first-order valence-corrected chi connectivity index (χ1v) is 12.7. The van der Waals surface area contributed by atoms with Crippen LogP contribution in [0.4, 0.5) is 17.1 Å². The van der Waals surface area contributed by atoms with Gasteiger partial charge in [-0.3, -0.25) is 14.2 Å². The van der Waals surface area contributed by atoms with Crippen molar-refractivity contribution in [2.75, 3.05) is 21.9 Å². The second kappa shape index (κ2) is 9.69. The molecule has 0 radical (unpaired) electrons. The highest BCUT2D eigenvalue weighted by atomic mass is 35.5. The molecule has 0 heterocycles. The van der Waals surface area contributed by atoms with E-state index in [2.05, 4.69) is 14.8 Å². The second-order valence-electron chi connectivity index (χ2n) is 6.76. The second-order valence-corrected chi connectivity index (χ2v) is 10.5. The van der Waals surface area contributed by atoms with Gasteiger partial charge in [-0.05, 0) is 54.6 Å². The van der Waals surface area contributed by atoms with E-state index in [-0.39, 0.29) is 31.9 Å². The predicted octanol–water partition coefficient (Wildman–Crippen LogP) is 3.91. The number of hydrogen-bond acceptors (Lipinski definition) is 6. The lowest BCUT2D eigenvalue weighted by Gasteiger charge is -2.13. The largest absolute Gasteiger partial charge is 0.495 e. The van der Waals surface area contributed by atoms with Gasteiger partial charge in [0.15, 0.2) is 0 Å². The molecule has 33 heavy (non-hydrogen) atoms. The minimum atomic E-state index is -4.04. The van der Waals surface area contributed by atoms with E-state index in [1.165, 1.54) is 62.6 Å². The van der Waals surface area contributed by atoms with Crippen LogP contribution in [0.5, 0.6) is 5.75 Å². The van der Waals surface area contributed by atoms with E-state index in [1.54, 1.807) is 18.2 Å². The Hall–Kier alpha value is -3.28. The van der Waals surface area contributed by atoms with Gasteiger partial charge < -0.3 is 10.1 Å². The molecule has 0 saturated carbocycles. The first-order valence-electron chi connectivity index (χ1n) is 9.38. The SMILES string of the molecule is COc1ccc(S(=O)(=O)Nc2ccc(S(=O)(=O)Nc3ccccc3Cl)cc2)cc1NC(C)=O. The van der Waals surface area contributed by atoms with Crippen LogP contribution in [-0.2, 0) is 24.8 Å². The van der Waals surface area contributed by atoms with E-state index in [0.29, 0.717) is 5.75 Å². The van der Waals surface area contributed by atoms with Gasteiger partial charge in [-0.2, -0.15) is 0 Å². The molecule has 0 aliphatic rings. The summed E-state index contributed by atoms with van der Waals surface area (Å²) in [5, 5.41) is 2.75. The van der Waals surface area contributed by atoms with Gasteiger partial charge in [-0.15, -0.1) is 0 Å². The molecule has 3 rings (SSSR count). The summed E-state index contributed by atoms with van der Waals surface area (Å²) in [6.07, 6.45) is 0. The van der Waals surface area contributed by atoms with Gasteiger partial charge in [-0.1, -0.05) is 23.7 Å². The molecule has 3 aromatic carbocycles. The van der Waals surface area contributed by atoms with Gasteiger partial charge in [0, 0.05) is 12.6 Å². The number of amides is 1. The predicted molar refractivity (Wildman–Crippen MR) is 127 cm³/mol. The van der Waals surface area contributed by atoms with Crippen molar-refractivity contribution in [2.24, 2.45) is 0 Å². The van der Waals surface area contributed by atoms with Crippen molar-refractivity contribution >= 4 is 54.6 Å². The minimum Gasteiger partial charge on any atom is -0.495 e. The molecule has 9 nitrogen and oxygen atoms in total. The number of benzene rings is 3. The summed E-state index contributed by atoms with van der Waals surface area (Å²) < 4.78 is 60.7. The topological polar surface area (TPSA) is 131 Å². The zero-order chi connectivity index (χ0) is 24.2. The Kier molecular flexibility index (Phi) is 7.15. The minimum absolute atomic E-state index is 0.0808. The number of carbonyl (C=O) groups excluding carboxylic acids is 1. The molecule has 0 atom stereocenters. The van der Waals surface area contributed by atoms with Crippen LogP contribution in [0, 0.1) is 0 Å². The van der Waals surface area contributed by atoms with Crippen LogP contribution < -0.4 is 19.5 Å². The van der Waals surface area contributed by atoms with E-state index in [1.807, 2.05) is 0 Å². The van der Waals surface area contributed by atoms with E-state index in [9.17, 15) is 21.6 Å². The van der Waals surface area contributed by atoms with Crippen LogP contribution in [0.25, 0.3) is 0 Å². The number of sulfonamides is 2. The zero-order valence-corrected chi connectivity index (χ0v) is 19.9. The Balaban J connectivity index is 1.82. The first-order chi connectivity index (χ1) is 15.5. The van der Waals surface area contributed by atoms with Crippen LogP contribution in [0.1, 0.15) is 6.92 Å². The zero-order valence-electron chi connectivity index (χ0n) is 17.5. The van der Waals surface area contributed by atoms with Crippen molar-refractivity contribution in [1.29, 1.82) is 0 Å². The molecule has 1 amide bonds. The number of para-hydroxylation sites is 1. The third kappa shape index (κ3) is 5.95. The summed E-state index contributed by atoms with van der Waals surface area (Å²) in [6.45, 7) is 1.29. The maximum Gasteiger partial charge on any atom is 0.261 e. The summed E-state index contributed by atoms with van der Waals surface area (Å²) >= 11 is 6.00. The van der Waals surface area contributed by atoms with Crippen molar-refractivity contribution in [2.45, 2.75) is 16.7 Å². The van der Waals surface area contributed by atoms with Gasteiger partial charge in [0.05, 0.1) is 33.3 Å². The highest BCUT2D eigenvalue weighted by Gasteiger charge is 2.19. The summed E-state index contributed by atoms with van der Waals surface area (Å²) in [5.74, 6) is -0.0947. The normalized spacial score (nSPS) is 11.5. The number of methoxy groups -OCH3 is 1. The van der Waals surface area contributed by atoms with Crippen LogP contribution in [-0.4, -0.2) is 29.9 Å². The standard InChI is InChI=1S/C21H20ClN3O6S2/c1-14(26)23-20-13-17(11-12-21(20)31-2)33(29,30)24-15-7-9-16(10-8-15)32(27,28)25-19-6-4-3-5-18(19)22/h3-13,24-25H,1-2H3,(H,23,26). The number of halogens is 1. The molecule has 3 N–H and O–H groups in total. The Bertz CT molecular complexity index is 1390. The third-order valence-corrected chi connectivity index (χ3v) is 7.42. The number of ether oxygens (including phenoxy) is 1. The Labute approximate surface area is 196 Å². The molecule has 0 spiro atoms.